The van der Waals surface area contributed by atoms with Crippen LogP contribution < -0.4 is 10.2 Å². The van der Waals surface area contributed by atoms with Crippen LogP contribution in [0.2, 0.25) is 0 Å². The van der Waals surface area contributed by atoms with Gasteiger partial charge in [0.2, 0.25) is 5.13 Å². The number of hydrogen-bond acceptors (Lipinski definition) is 7. The topological polar surface area (TPSA) is 78.4 Å². The average molecular weight is 288 g/mol. The van der Waals surface area contributed by atoms with E-state index in [1.807, 2.05) is 19.0 Å². The highest BCUT2D eigenvalue weighted by atomic mass is 32.2. The Bertz CT molecular complexity index is 420. The summed E-state index contributed by atoms with van der Waals surface area (Å²) in [6.45, 7) is 0. The van der Waals surface area contributed by atoms with Crippen molar-refractivity contribution in [2.24, 2.45) is 0 Å². The van der Waals surface area contributed by atoms with Gasteiger partial charge in [0.05, 0.1) is 0 Å². The highest BCUT2D eigenvalue weighted by Crippen LogP contribution is 2.28. The van der Waals surface area contributed by atoms with Crippen LogP contribution in [0.5, 0.6) is 0 Å². The molecule has 0 aromatic carbocycles. The predicted molar refractivity (Wildman–Crippen MR) is 72.5 cm³/mol. The second-order valence-corrected chi connectivity index (χ2v) is 6.61. The summed E-state index contributed by atoms with van der Waals surface area (Å²) in [7, 11) is 3.81. The standard InChI is InChI=1S/C10H16N4O2S2/c1-14(2)9-12-13-10(18-9)17-5-7(8(15)16)11-6-3-4-6/h6-7,11H,3-5H2,1-2H3,(H,15,16). The lowest BCUT2D eigenvalue weighted by molar-refractivity contribution is -0.138. The van der Waals surface area contributed by atoms with E-state index in [1.54, 1.807) is 0 Å². The van der Waals surface area contributed by atoms with Crippen LogP contribution >= 0.6 is 23.1 Å². The molecule has 1 aromatic rings. The van der Waals surface area contributed by atoms with E-state index in [4.69, 9.17) is 5.11 Å². The highest BCUT2D eigenvalue weighted by Gasteiger charge is 2.28. The van der Waals surface area contributed by atoms with Gasteiger partial charge in [-0.2, -0.15) is 0 Å². The molecule has 1 unspecified atom stereocenters. The quantitative estimate of drug-likeness (QED) is 0.722. The molecule has 2 rings (SSSR count). The highest BCUT2D eigenvalue weighted by molar-refractivity contribution is 8.01. The zero-order valence-corrected chi connectivity index (χ0v) is 11.9. The minimum Gasteiger partial charge on any atom is -0.480 e. The molecule has 2 N–H and O–H groups in total. The van der Waals surface area contributed by atoms with Crippen molar-refractivity contribution in [2.45, 2.75) is 29.3 Å². The lowest BCUT2D eigenvalue weighted by Gasteiger charge is -2.12. The Labute approximate surface area is 114 Å². The van der Waals surface area contributed by atoms with Crippen molar-refractivity contribution in [1.29, 1.82) is 0 Å². The Hall–Kier alpha value is -0.860. The van der Waals surface area contributed by atoms with Gasteiger partial charge in [-0.1, -0.05) is 23.1 Å². The van der Waals surface area contributed by atoms with Crippen molar-refractivity contribution in [3.8, 4) is 0 Å². The van der Waals surface area contributed by atoms with E-state index in [0.29, 0.717) is 11.8 Å². The van der Waals surface area contributed by atoms with Gasteiger partial charge >= 0.3 is 5.97 Å². The number of nitrogens with zero attached hydrogens (tertiary/aromatic N) is 3. The molecule has 0 aliphatic heterocycles. The van der Waals surface area contributed by atoms with Crippen LogP contribution in [-0.2, 0) is 4.79 Å². The Morgan fingerprint density at radius 2 is 2.33 bits per heavy atom. The monoisotopic (exact) mass is 288 g/mol. The van der Waals surface area contributed by atoms with Crippen molar-refractivity contribution in [1.82, 2.24) is 15.5 Å². The number of carboxylic acids is 1. The van der Waals surface area contributed by atoms with Gasteiger partial charge < -0.3 is 15.3 Å². The maximum atomic E-state index is 11.1. The van der Waals surface area contributed by atoms with Crippen LogP contribution in [0.1, 0.15) is 12.8 Å². The van der Waals surface area contributed by atoms with E-state index in [0.717, 1.165) is 22.3 Å². The van der Waals surface area contributed by atoms with Gasteiger partial charge in [-0.3, -0.25) is 4.79 Å². The Morgan fingerprint density at radius 1 is 1.61 bits per heavy atom. The molecule has 6 nitrogen and oxygen atoms in total. The van der Waals surface area contributed by atoms with Crippen LogP contribution in [0.25, 0.3) is 0 Å². The smallest absolute Gasteiger partial charge is 0.321 e. The van der Waals surface area contributed by atoms with Crippen molar-refractivity contribution < 1.29 is 9.90 Å². The van der Waals surface area contributed by atoms with Crippen molar-refractivity contribution in [3.05, 3.63) is 0 Å². The van der Waals surface area contributed by atoms with E-state index in [9.17, 15) is 4.79 Å². The number of carbonyl (C=O) groups is 1. The number of nitrogens with one attached hydrogen (secondary N) is 1. The van der Waals surface area contributed by atoms with E-state index in [1.165, 1.54) is 23.1 Å². The Morgan fingerprint density at radius 3 is 2.83 bits per heavy atom. The molecule has 100 valence electrons. The van der Waals surface area contributed by atoms with Crippen LogP contribution in [0.4, 0.5) is 5.13 Å². The molecule has 0 radical (unpaired) electrons. The molecule has 1 atom stereocenters. The molecule has 1 aromatic heterocycles. The first-order chi connectivity index (χ1) is 8.56. The van der Waals surface area contributed by atoms with Gasteiger partial charge in [0, 0.05) is 25.9 Å². The normalized spacial score (nSPS) is 16.6. The lowest BCUT2D eigenvalue weighted by Crippen LogP contribution is -2.40. The van der Waals surface area contributed by atoms with Gasteiger partial charge in [0.15, 0.2) is 4.34 Å². The van der Waals surface area contributed by atoms with Crippen molar-refractivity contribution >= 4 is 34.2 Å². The summed E-state index contributed by atoms with van der Waals surface area (Å²) in [6.07, 6.45) is 2.16. The molecule has 0 spiro atoms. The predicted octanol–water partition coefficient (Wildman–Crippen LogP) is 0.901. The molecule has 1 saturated carbocycles. The van der Waals surface area contributed by atoms with Crippen LogP contribution in [0.15, 0.2) is 4.34 Å². The zero-order valence-electron chi connectivity index (χ0n) is 10.3. The number of hydrogen-bond donors (Lipinski definition) is 2. The van der Waals surface area contributed by atoms with E-state index in [2.05, 4.69) is 15.5 Å². The number of anilines is 1. The van der Waals surface area contributed by atoms with E-state index < -0.39 is 12.0 Å². The summed E-state index contributed by atoms with van der Waals surface area (Å²) in [4.78, 5) is 13.0. The van der Waals surface area contributed by atoms with Crippen molar-refractivity contribution in [3.63, 3.8) is 0 Å². The van der Waals surface area contributed by atoms with Gasteiger partial charge in [-0.05, 0) is 12.8 Å². The fraction of sp³-hybridized carbons (Fsp3) is 0.700. The third-order valence-corrected chi connectivity index (χ3v) is 4.78. The SMILES string of the molecule is CN(C)c1nnc(SCC(NC2CC2)C(=O)O)s1. The molecule has 1 aliphatic rings. The summed E-state index contributed by atoms with van der Waals surface area (Å²) in [6, 6.07) is -0.118. The maximum absolute atomic E-state index is 11.1. The van der Waals surface area contributed by atoms with Gasteiger partial charge in [0.25, 0.3) is 0 Å². The van der Waals surface area contributed by atoms with Gasteiger partial charge in [-0.25, -0.2) is 0 Å². The summed E-state index contributed by atoms with van der Waals surface area (Å²) in [5, 5.41) is 21.1. The third kappa shape index (κ3) is 3.82. The number of rotatable bonds is 7. The molecule has 18 heavy (non-hydrogen) atoms. The zero-order chi connectivity index (χ0) is 13.1. The summed E-state index contributed by atoms with van der Waals surface area (Å²) in [5.41, 5.74) is 0. The average Bonchev–Trinajstić information content (AvgIpc) is 2.99. The molecule has 0 bridgehead atoms. The second kappa shape index (κ2) is 5.85. The molecular weight excluding hydrogens is 272 g/mol. The van der Waals surface area contributed by atoms with Gasteiger partial charge in [0.1, 0.15) is 6.04 Å². The number of aromatic nitrogens is 2. The molecule has 1 aliphatic carbocycles. The van der Waals surface area contributed by atoms with E-state index >= 15 is 0 Å². The minimum atomic E-state index is -0.799. The van der Waals surface area contributed by atoms with Crippen LogP contribution in [-0.4, -0.2) is 53.2 Å². The molecular formula is C10H16N4O2S2. The molecule has 1 fully saturated rings. The van der Waals surface area contributed by atoms with Crippen LogP contribution in [0, 0.1) is 0 Å². The molecule has 1 heterocycles. The largest absolute Gasteiger partial charge is 0.480 e. The fourth-order valence-corrected chi connectivity index (χ4v) is 3.13. The summed E-state index contributed by atoms with van der Waals surface area (Å²) in [5.74, 6) is -0.319. The molecule has 0 saturated heterocycles. The minimum absolute atomic E-state index is 0.387. The van der Waals surface area contributed by atoms with Crippen molar-refractivity contribution in [2.75, 3.05) is 24.7 Å². The second-order valence-electron chi connectivity index (χ2n) is 4.39. The van der Waals surface area contributed by atoms with Gasteiger partial charge in [-0.15, -0.1) is 10.2 Å². The van der Waals surface area contributed by atoms with E-state index in [-0.39, 0.29) is 0 Å². The molecule has 8 heteroatoms. The first-order valence-electron chi connectivity index (χ1n) is 5.68. The fourth-order valence-electron chi connectivity index (χ4n) is 1.32. The first kappa shape index (κ1) is 13.6. The maximum Gasteiger partial charge on any atom is 0.321 e. The number of thioether (sulfide) groups is 1. The first-order valence-corrected chi connectivity index (χ1v) is 7.49. The van der Waals surface area contributed by atoms with Crippen LogP contribution in [0.3, 0.4) is 0 Å². The third-order valence-electron chi connectivity index (χ3n) is 2.46. The molecule has 0 amide bonds. The lowest BCUT2D eigenvalue weighted by atomic mass is 10.3. The Balaban J connectivity index is 1.85. The summed E-state index contributed by atoms with van der Waals surface area (Å²) >= 11 is 2.91. The summed E-state index contributed by atoms with van der Waals surface area (Å²) < 4.78 is 0.808. The number of carboxylic acid groups (broad SMARTS) is 1. The number of aliphatic carboxylic acids is 1. The Kier molecular flexibility index (Phi) is 4.41.